The molecule has 0 amide bonds. The van der Waals surface area contributed by atoms with Crippen LogP contribution in [0.1, 0.15) is 5.89 Å². The molecular formula is C15H11BrClN7O. The highest BCUT2D eigenvalue weighted by Gasteiger charge is 2.14. The summed E-state index contributed by atoms with van der Waals surface area (Å²) in [5.74, 6) is 1.55. The molecular weight excluding hydrogens is 410 g/mol. The summed E-state index contributed by atoms with van der Waals surface area (Å²) in [6, 6.07) is 7.28. The third-order valence-corrected chi connectivity index (χ3v) is 4.33. The molecule has 3 aromatic heterocycles. The van der Waals surface area contributed by atoms with Crippen LogP contribution < -0.4 is 5.32 Å². The van der Waals surface area contributed by atoms with E-state index in [4.69, 9.17) is 16.1 Å². The molecule has 0 aliphatic carbocycles. The smallest absolute Gasteiger partial charge is 0.246 e. The highest BCUT2D eigenvalue weighted by atomic mass is 79.9. The Morgan fingerprint density at radius 3 is 3.04 bits per heavy atom. The second-order valence-electron chi connectivity index (χ2n) is 5.21. The van der Waals surface area contributed by atoms with Crippen LogP contribution in [-0.4, -0.2) is 29.9 Å². The average molecular weight is 421 g/mol. The summed E-state index contributed by atoms with van der Waals surface area (Å²) in [5.41, 5.74) is 1.51. The number of aromatic nitrogens is 6. The zero-order valence-corrected chi connectivity index (χ0v) is 15.3. The first-order valence-corrected chi connectivity index (χ1v) is 8.44. The predicted octanol–water partition coefficient (Wildman–Crippen LogP) is 3.44. The lowest BCUT2D eigenvalue weighted by Gasteiger charge is -2.03. The molecule has 0 spiro atoms. The Kier molecular flexibility index (Phi) is 4.10. The zero-order chi connectivity index (χ0) is 17.4. The molecule has 1 aromatic carbocycles. The second kappa shape index (κ2) is 6.41. The Labute approximate surface area is 155 Å². The van der Waals surface area contributed by atoms with Crippen LogP contribution in [0.5, 0.6) is 0 Å². The van der Waals surface area contributed by atoms with Gasteiger partial charge in [-0.15, -0.1) is 0 Å². The fourth-order valence-electron chi connectivity index (χ4n) is 2.41. The van der Waals surface area contributed by atoms with E-state index in [1.807, 2.05) is 19.2 Å². The minimum Gasteiger partial charge on any atom is -0.360 e. The van der Waals surface area contributed by atoms with Crippen LogP contribution in [0.3, 0.4) is 0 Å². The van der Waals surface area contributed by atoms with Gasteiger partial charge in [-0.05, 0) is 28.1 Å². The molecule has 0 bridgehead atoms. The highest BCUT2D eigenvalue weighted by Crippen LogP contribution is 2.27. The normalized spacial score (nSPS) is 11.2. The topological polar surface area (TPSA) is 94.6 Å². The van der Waals surface area contributed by atoms with Crippen LogP contribution in [0.4, 0.5) is 5.82 Å². The fourth-order valence-corrected chi connectivity index (χ4v) is 3.20. The number of hydrogen-bond acceptors (Lipinski definition) is 7. The van der Waals surface area contributed by atoms with E-state index in [-0.39, 0.29) is 0 Å². The van der Waals surface area contributed by atoms with Gasteiger partial charge in [-0.25, -0.2) is 14.6 Å². The third kappa shape index (κ3) is 3.08. The van der Waals surface area contributed by atoms with Gasteiger partial charge in [0.25, 0.3) is 0 Å². The van der Waals surface area contributed by atoms with Crippen LogP contribution in [0.2, 0.25) is 5.02 Å². The van der Waals surface area contributed by atoms with E-state index in [9.17, 15) is 0 Å². The summed E-state index contributed by atoms with van der Waals surface area (Å²) in [6.07, 6.45) is 1.48. The highest BCUT2D eigenvalue weighted by molar-refractivity contribution is 9.10. The van der Waals surface area contributed by atoms with E-state index in [1.165, 1.54) is 6.33 Å². The first-order chi connectivity index (χ1) is 12.1. The van der Waals surface area contributed by atoms with Gasteiger partial charge in [0, 0.05) is 17.6 Å². The zero-order valence-electron chi connectivity index (χ0n) is 12.9. The number of anilines is 1. The van der Waals surface area contributed by atoms with Crippen LogP contribution in [-0.2, 0) is 13.6 Å². The van der Waals surface area contributed by atoms with Gasteiger partial charge in [0.1, 0.15) is 16.7 Å². The van der Waals surface area contributed by atoms with Crippen molar-refractivity contribution in [2.24, 2.45) is 7.05 Å². The summed E-state index contributed by atoms with van der Waals surface area (Å²) in [7, 11) is 1.82. The predicted molar refractivity (Wildman–Crippen MR) is 96.1 cm³/mol. The minimum absolute atomic E-state index is 0.320. The van der Waals surface area contributed by atoms with Crippen LogP contribution in [0.25, 0.3) is 22.4 Å². The van der Waals surface area contributed by atoms with Gasteiger partial charge in [0.15, 0.2) is 5.65 Å². The van der Waals surface area contributed by atoms with Crippen molar-refractivity contribution in [3.8, 4) is 11.4 Å². The second-order valence-corrected chi connectivity index (χ2v) is 6.40. The van der Waals surface area contributed by atoms with Gasteiger partial charge < -0.3 is 9.84 Å². The largest absolute Gasteiger partial charge is 0.360 e. The molecule has 8 nitrogen and oxygen atoms in total. The molecule has 25 heavy (non-hydrogen) atoms. The molecule has 0 aliphatic rings. The van der Waals surface area contributed by atoms with Gasteiger partial charge in [0.05, 0.1) is 11.9 Å². The average Bonchev–Trinajstić information content (AvgIpc) is 3.19. The van der Waals surface area contributed by atoms with Crippen molar-refractivity contribution >= 4 is 44.4 Å². The molecule has 126 valence electrons. The summed E-state index contributed by atoms with van der Waals surface area (Å²) in [4.78, 5) is 12.9. The maximum absolute atomic E-state index is 5.99. The van der Waals surface area contributed by atoms with Crippen LogP contribution in [0.15, 0.2) is 39.7 Å². The molecule has 0 unspecified atom stereocenters. The van der Waals surface area contributed by atoms with E-state index in [1.54, 1.807) is 16.8 Å². The summed E-state index contributed by atoms with van der Waals surface area (Å²) in [5, 5.41) is 12.9. The Balaban J connectivity index is 1.57. The number of halogens is 2. The van der Waals surface area contributed by atoms with Crippen LogP contribution >= 0.6 is 27.5 Å². The summed E-state index contributed by atoms with van der Waals surface area (Å²) >= 11 is 9.41. The molecule has 10 heteroatoms. The van der Waals surface area contributed by atoms with E-state index < -0.39 is 0 Å². The number of aryl methyl sites for hydroxylation is 1. The van der Waals surface area contributed by atoms with E-state index in [0.29, 0.717) is 33.7 Å². The van der Waals surface area contributed by atoms with Crippen molar-refractivity contribution in [2.45, 2.75) is 6.54 Å². The lowest BCUT2D eigenvalue weighted by Crippen LogP contribution is -2.03. The third-order valence-electron chi connectivity index (χ3n) is 3.54. The Morgan fingerprint density at radius 1 is 1.32 bits per heavy atom. The Hall–Kier alpha value is -2.52. The molecule has 0 saturated heterocycles. The fraction of sp³-hybridized carbons (Fsp3) is 0.133. The van der Waals surface area contributed by atoms with E-state index in [0.717, 1.165) is 16.6 Å². The van der Waals surface area contributed by atoms with Crippen molar-refractivity contribution in [3.63, 3.8) is 0 Å². The van der Waals surface area contributed by atoms with Crippen molar-refractivity contribution in [2.75, 3.05) is 5.32 Å². The summed E-state index contributed by atoms with van der Waals surface area (Å²) < 4.78 is 7.63. The first kappa shape index (κ1) is 16.0. The van der Waals surface area contributed by atoms with Crippen molar-refractivity contribution < 1.29 is 4.52 Å². The number of rotatable bonds is 4. The maximum Gasteiger partial charge on any atom is 0.246 e. The van der Waals surface area contributed by atoms with Gasteiger partial charge >= 0.3 is 0 Å². The van der Waals surface area contributed by atoms with Crippen molar-refractivity contribution in [3.05, 3.63) is 46.1 Å². The minimum atomic E-state index is 0.320. The van der Waals surface area contributed by atoms with Crippen molar-refractivity contribution in [1.29, 1.82) is 0 Å². The molecule has 0 radical (unpaired) electrons. The number of hydrogen-bond donors (Lipinski definition) is 1. The monoisotopic (exact) mass is 419 g/mol. The molecule has 3 heterocycles. The van der Waals surface area contributed by atoms with E-state index in [2.05, 4.69) is 46.5 Å². The molecule has 4 rings (SSSR count). The first-order valence-electron chi connectivity index (χ1n) is 7.27. The molecule has 0 saturated carbocycles. The lowest BCUT2D eigenvalue weighted by atomic mass is 10.2. The van der Waals surface area contributed by atoms with Gasteiger partial charge in [-0.2, -0.15) is 10.1 Å². The van der Waals surface area contributed by atoms with E-state index >= 15 is 0 Å². The van der Waals surface area contributed by atoms with Crippen molar-refractivity contribution in [1.82, 2.24) is 29.9 Å². The Bertz CT molecular complexity index is 1060. The SMILES string of the molecule is Cn1nc(Br)c2c(NCc3nc(-c4cccc(Cl)c4)no3)ncnc21. The molecule has 4 aromatic rings. The quantitative estimate of drug-likeness (QED) is 0.540. The summed E-state index contributed by atoms with van der Waals surface area (Å²) in [6.45, 7) is 0.320. The molecule has 0 fully saturated rings. The number of nitrogens with one attached hydrogen (secondary N) is 1. The Morgan fingerprint density at radius 2 is 2.20 bits per heavy atom. The molecule has 0 aliphatic heterocycles. The standard InChI is InChI=1S/C15H11BrClN7O/c1-24-15-11(12(16)22-24)14(19-7-20-15)18-6-10-21-13(23-25-10)8-3-2-4-9(17)5-8/h2-5,7H,6H2,1H3,(H,18,19,20). The number of nitrogens with zero attached hydrogens (tertiary/aromatic N) is 6. The molecule has 0 atom stereocenters. The number of fused-ring (bicyclic) bond motifs is 1. The van der Waals surface area contributed by atoms with Gasteiger partial charge in [0.2, 0.25) is 11.7 Å². The number of benzene rings is 1. The van der Waals surface area contributed by atoms with Crippen LogP contribution in [0, 0.1) is 0 Å². The molecule has 1 N–H and O–H groups in total. The van der Waals surface area contributed by atoms with Gasteiger partial charge in [-0.1, -0.05) is 28.9 Å². The lowest BCUT2D eigenvalue weighted by molar-refractivity contribution is 0.384. The maximum atomic E-state index is 5.99. The van der Waals surface area contributed by atoms with Gasteiger partial charge in [-0.3, -0.25) is 0 Å².